The molecule has 0 unspecified atom stereocenters. The van der Waals surface area contributed by atoms with Crippen molar-refractivity contribution in [2.75, 3.05) is 29.2 Å². The van der Waals surface area contributed by atoms with Gasteiger partial charge >= 0.3 is 0 Å². The van der Waals surface area contributed by atoms with Gasteiger partial charge in [0.25, 0.3) is 11.6 Å². The van der Waals surface area contributed by atoms with Gasteiger partial charge in [0.15, 0.2) is 0 Å². The van der Waals surface area contributed by atoms with E-state index in [1.807, 2.05) is 61.5 Å². The van der Waals surface area contributed by atoms with Gasteiger partial charge in [0.2, 0.25) is 0 Å². The van der Waals surface area contributed by atoms with Gasteiger partial charge in [-0.15, -0.1) is 0 Å². The molecule has 29 heavy (non-hydrogen) atoms. The lowest BCUT2D eigenvalue weighted by molar-refractivity contribution is -0.384. The predicted octanol–water partition coefficient (Wildman–Crippen LogP) is 4.43. The fourth-order valence-electron chi connectivity index (χ4n) is 3.47. The molecule has 1 N–H and O–H groups in total. The second-order valence-corrected chi connectivity index (χ2v) is 7.03. The topological polar surface area (TPSA) is 78.7 Å². The van der Waals surface area contributed by atoms with Crippen LogP contribution in [0.15, 0.2) is 72.8 Å². The third-order valence-corrected chi connectivity index (χ3v) is 4.97. The average Bonchev–Trinajstić information content (AvgIpc) is 2.74. The van der Waals surface area contributed by atoms with E-state index in [4.69, 9.17) is 0 Å². The van der Waals surface area contributed by atoms with Crippen LogP contribution < -0.4 is 15.1 Å². The number of nitrogens with zero attached hydrogens (tertiary/aromatic N) is 3. The Bertz CT molecular complexity index is 1080. The molecule has 3 aromatic carbocycles. The molecule has 146 valence electrons. The standard InChI is InChI=1S/C22H20N4O3/c1-24(2)16-10-12-17(13-11-16)25-21(15-6-5-7-18(14-15)26(28)29)23-20-9-4-3-8-19(20)22(25)27/h3-14,21,23H,1-2H3/t21-/m1/s1. The Labute approximate surface area is 168 Å². The molecule has 0 bridgehead atoms. The lowest BCUT2D eigenvalue weighted by Gasteiger charge is -2.38. The summed E-state index contributed by atoms with van der Waals surface area (Å²) >= 11 is 0. The largest absolute Gasteiger partial charge is 0.378 e. The van der Waals surface area contributed by atoms with Crippen LogP contribution in [0.3, 0.4) is 0 Å². The summed E-state index contributed by atoms with van der Waals surface area (Å²) in [5, 5.41) is 14.6. The number of fused-ring (bicyclic) bond motifs is 1. The van der Waals surface area contributed by atoms with Crippen molar-refractivity contribution < 1.29 is 9.72 Å². The summed E-state index contributed by atoms with van der Waals surface area (Å²) in [7, 11) is 3.90. The number of anilines is 3. The number of nitrogens with one attached hydrogen (secondary N) is 1. The molecule has 1 amide bonds. The highest BCUT2D eigenvalue weighted by atomic mass is 16.6. The molecule has 0 fully saturated rings. The zero-order valence-corrected chi connectivity index (χ0v) is 16.1. The maximum Gasteiger partial charge on any atom is 0.269 e. The number of nitro groups is 1. The molecule has 1 heterocycles. The predicted molar refractivity (Wildman–Crippen MR) is 113 cm³/mol. The molecule has 7 heteroatoms. The van der Waals surface area contributed by atoms with Crippen molar-refractivity contribution >= 4 is 28.7 Å². The van der Waals surface area contributed by atoms with Gasteiger partial charge in [0.1, 0.15) is 6.17 Å². The fraction of sp³-hybridized carbons (Fsp3) is 0.136. The van der Waals surface area contributed by atoms with Crippen molar-refractivity contribution in [3.05, 3.63) is 94.0 Å². The van der Waals surface area contributed by atoms with Crippen molar-refractivity contribution in [1.82, 2.24) is 0 Å². The first kappa shape index (κ1) is 18.5. The van der Waals surface area contributed by atoms with Gasteiger partial charge in [-0.25, -0.2) is 0 Å². The smallest absolute Gasteiger partial charge is 0.269 e. The van der Waals surface area contributed by atoms with Crippen molar-refractivity contribution in [2.45, 2.75) is 6.17 Å². The van der Waals surface area contributed by atoms with Gasteiger partial charge in [-0.1, -0.05) is 24.3 Å². The number of amides is 1. The lowest BCUT2D eigenvalue weighted by atomic mass is 10.0. The van der Waals surface area contributed by atoms with Crippen LogP contribution in [0.2, 0.25) is 0 Å². The molecule has 0 spiro atoms. The van der Waals surface area contributed by atoms with E-state index in [-0.39, 0.29) is 11.6 Å². The summed E-state index contributed by atoms with van der Waals surface area (Å²) in [5.41, 5.74) is 3.61. The summed E-state index contributed by atoms with van der Waals surface area (Å²) in [6, 6.07) is 21.3. The second-order valence-electron chi connectivity index (χ2n) is 7.03. The minimum absolute atomic E-state index is 0.0153. The van der Waals surface area contributed by atoms with E-state index in [0.29, 0.717) is 22.5 Å². The van der Waals surface area contributed by atoms with Gasteiger partial charge in [-0.05, 0) is 36.4 Å². The molecule has 1 atom stereocenters. The molecule has 0 aliphatic carbocycles. The summed E-state index contributed by atoms with van der Waals surface area (Å²) < 4.78 is 0. The fourth-order valence-corrected chi connectivity index (χ4v) is 3.47. The summed E-state index contributed by atoms with van der Waals surface area (Å²) in [4.78, 5) is 27.8. The Hall–Kier alpha value is -3.87. The van der Waals surface area contributed by atoms with Crippen LogP contribution in [-0.4, -0.2) is 24.9 Å². The van der Waals surface area contributed by atoms with Crippen LogP contribution in [0, 0.1) is 10.1 Å². The normalized spacial score (nSPS) is 15.4. The Balaban J connectivity index is 1.83. The molecule has 1 aliphatic rings. The highest BCUT2D eigenvalue weighted by molar-refractivity contribution is 6.12. The van der Waals surface area contributed by atoms with Crippen LogP contribution >= 0.6 is 0 Å². The number of carbonyl (C=O) groups excluding carboxylic acids is 1. The van der Waals surface area contributed by atoms with Crippen molar-refractivity contribution in [3.63, 3.8) is 0 Å². The minimum atomic E-state index is -0.567. The van der Waals surface area contributed by atoms with E-state index in [2.05, 4.69) is 5.32 Å². The maximum atomic E-state index is 13.4. The quantitative estimate of drug-likeness (QED) is 0.528. The average molecular weight is 388 g/mol. The molecular weight excluding hydrogens is 368 g/mol. The molecule has 7 nitrogen and oxygen atoms in total. The number of hydrogen-bond donors (Lipinski definition) is 1. The van der Waals surface area contributed by atoms with Gasteiger partial charge < -0.3 is 10.2 Å². The van der Waals surface area contributed by atoms with E-state index >= 15 is 0 Å². The van der Waals surface area contributed by atoms with Gasteiger partial charge in [-0.3, -0.25) is 19.8 Å². The first-order chi connectivity index (χ1) is 14.0. The third-order valence-electron chi connectivity index (χ3n) is 4.97. The third kappa shape index (κ3) is 3.38. The van der Waals surface area contributed by atoms with Gasteiger partial charge in [0, 0.05) is 48.9 Å². The Morgan fingerprint density at radius 2 is 1.72 bits per heavy atom. The minimum Gasteiger partial charge on any atom is -0.378 e. The molecule has 0 saturated heterocycles. The molecule has 3 aromatic rings. The van der Waals surface area contributed by atoms with Crippen LogP contribution in [0.5, 0.6) is 0 Å². The molecule has 0 radical (unpaired) electrons. The van der Waals surface area contributed by atoms with Crippen molar-refractivity contribution in [2.24, 2.45) is 0 Å². The highest BCUT2D eigenvalue weighted by Crippen LogP contribution is 2.37. The molecule has 1 aliphatic heterocycles. The van der Waals surface area contributed by atoms with Crippen molar-refractivity contribution in [3.8, 4) is 0 Å². The number of nitro benzene ring substituents is 1. The highest BCUT2D eigenvalue weighted by Gasteiger charge is 2.34. The number of para-hydroxylation sites is 1. The first-order valence-electron chi connectivity index (χ1n) is 9.16. The second kappa shape index (κ2) is 7.27. The zero-order valence-electron chi connectivity index (χ0n) is 16.1. The monoisotopic (exact) mass is 388 g/mol. The molecule has 0 aromatic heterocycles. The van der Waals surface area contributed by atoms with Crippen LogP contribution in [0.1, 0.15) is 22.1 Å². The summed E-state index contributed by atoms with van der Waals surface area (Å²) in [5.74, 6) is -0.159. The van der Waals surface area contributed by atoms with Crippen LogP contribution in [0.4, 0.5) is 22.7 Å². The van der Waals surface area contributed by atoms with E-state index < -0.39 is 11.1 Å². The molecule has 0 saturated carbocycles. The number of hydrogen-bond acceptors (Lipinski definition) is 5. The molecular formula is C22H20N4O3. The lowest BCUT2D eigenvalue weighted by Crippen LogP contribution is -2.43. The SMILES string of the molecule is CN(C)c1ccc(N2C(=O)c3ccccc3N[C@H]2c2cccc([N+](=O)[O-])c2)cc1. The molecule has 4 rings (SSSR count). The summed E-state index contributed by atoms with van der Waals surface area (Å²) in [6.45, 7) is 0. The Kier molecular flexibility index (Phi) is 4.64. The number of rotatable bonds is 4. The maximum absolute atomic E-state index is 13.4. The Morgan fingerprint density at radius 1 is 1.00 bits per heavy atom. The Morgan fingerprint density at radius 3 is 2.41 bits per heavy atom. The van der Waals surface area contributed by atoms with E-state index in [9.17, 15) is 14.9 Å². The van der Waals surface area contributed by atoms with E-state index in [1.54, 1.807) is 23.1 Å². The zero-order chi connectivity index (χ0) is 20.5. The first-order valence-corrected chi connectivity index (χ1v) is 9.16. The van der Waals surface area contributed by atoms with Gasteiger partial charge in [-0.2, -0.15) is 0 Å². The van der Waals surface area contributed by atoms with Crippen LogP contribution in [0.25, 0.3) is 0 Å². The number of benzene rings is 3. The van der Waals surface area contributed by atoms with Gasteiger partial charge in [0.05, 0.1) is 10.5 Å². The number of non-ortho nitro benzene ring substituents is 1. The van der Waals surface area contributed by atoms with Crippen molar-refractivity contribution in [1.29, 1.82) is 0 Å². The summed E-state index contributed by atoms with van der Waals surface area (Å²) in [6.07, 6.45) is -0.567. The number of carbonyl (C=O) groups is 1. The van der Waals surface area contributed by atoms with Crippen LogP contribution in [-0.2, 0) is 0 Å². The van der Waals surface area contributed by atoms with E-state index in [0.717, 1.165) is 5.69 Å². The van der Waals surface area contributed by atoms with E-state index in [1.165, 1.54) is 12.1 Å².